The molecular formula is C14H24N2O. The van der Waals surface area contributed by atoms with Crippen molar-refractivity contribution >= 4 is 5.91 Å². The van der Waals surface area contributed by atoms with Gasteiger partial charge >= 0.3 is 0 Å². The standard InChI is InChI=1S/C14H24N2O/c1-11(2)15-7-5-14(6-8-15)9-16(10-14)13(17)12-3-4-12/h11-12H,3-10H2,1-2H3. The Morgan fingerprint density at radius 2 is 1.76 bits per heavy atom. The molecule has 3 rings (SSSR count). The van der Waals surface area contributed by atoms with Crippen molar-refractivity contribution in [1.29, 1.82) is 0 Å². The van der Waals surface area contributed by atoms with Gasteiger partial charge in [0.05, 0.1) is 0 Å². The summed E-state index contributed by atoms with van der Waals surface area (Å²) in [5.41, 5.74) is 0.496. The Labute approximate surface area is 104 Å². The average molecular weight is 236 g/mol. The molecule has 3 aliphatic rings. The normalized spacial score (nSPS) is 28.5. The topological polar surface area (TPSA) is 23.6 Å². The Balaban J connectivity index is 1.49. The number of hydrogen-bond donors (Lipinski definition) is 0. The van der Waals surface area contributed by atoms with Crippen LogP contribution in [-0.4, -0.2) is 47.9 Å². The predicted octanol–water partition coefficient (Wildman–Crippen LogP) is 1.73. The second kappa shape index (κ2) is 3.98. The van der Waals surface area contributed by atoms with Crippen molar-refractivity contribution in [3.63, 3.8) is 0 Å². The molecule has 3 fully saturated rings. The zero-order chi connectivity index (χ0) is 12.0. The van der Waals surface area contributed by atoms with Crippen molar-refractivity contribution in [1.82, 2.24) is 9.80 Å². The number of amides is 1. The van der Waals surface area contributed by atoms with E-state index in [2.05, 4.69) is 23.6 Å². The summed E-state index contributed by atoms with van der Waals surface area (Å²) < 4.78 is 0. The molecule has 17 heavy (non-hydrogen) atoms. The average Bonchev–Trinajstić information content (AvgIpc) is 3.08. The van der Waals surface area contributed by atoms with E-state index >= 15 is 0 Å². The van der Waals surface area contributed by atoms with Gasteiger partial charge in [0.25, 0.3) is 0 Å². The summed E-state index contributed by atoms with van der Waals surface area (Å²) >= 11 is 0. The lowest BCUT2D eigenvalue weighted by Gasteiger charge is -2.54. The van der Waals surface area contributed by atoms with Crippen LogP contribution in [0.2, 0.25) is 0 Å². The minimum atomic E-state index is 0.406. The van der Waals surface area contributed by atoms with E-state index in [-0.39, 0.29) is 0 Å². The molecule has 1 amide bonds. The molecule has 2 aliphatic heterocycles. The maximum atomic E-state index is 11.9. The number of nitrogens with zero attached hydrogens (tertiary/aromatic N) is 2. The molecule has 3 heteroatoms. The fourth-order valence-corrected chi connectivity index (χ4v) is 3.34. The van der Waals surface area contributed by atoms with Crippen molar-refractivity contribution in [2.24, 2.45) is 11.3 Å². The lowest BCUT2D eigenvalue weighted by Crippen LogP contribution is -2.62. The number of rotatable bonds is 2. The van der Waals surface area contributed by atoms with Gasteiger partial charge in [-0.2, -0.15) is 0 Å². The zero-order valence-electron chi connectivity index (χ0n) is 11.1. The fraction of sp³-hybridized carbons (Fsp3) is 0.929. The third kappa shape index (κ3) is 2.10. The lowest BCUT2D eigenvalue weighted by atomic mass is 9.71. The number of carbonyl (C=O) groups is 1. The Hall–Kier alpha value is -0.570. The van der Waals surface area contributed by atoms with Crippen molar-refractivity contribution in [2.75, 3.05) is 26.2 Å². The first-order valence-corrected chi connectivity index (χ1v) is 7.12. The summed E-state index contributed by atoms with van der Waals surface area (Å²) in [7, 11) is 0. The number of piperidine rings is 1. The fourth-order valence-electron chi connectivity index (χ4n) is 3.34. The van der Waals surface area contributed by atoms with Gasteiger partial charge in [-0.1, -0.05) is 0 Å². The van der Waals surface area contributed by atoms with E-state index in [4.69, 9.17) is 0 Å². The van der Waals surface area contributed by atoms with Crippen molar-refractivity contribution in [3.8, 4) is 0 Å². The van der Waals surface area contributed by atoms with Crippen LogP contribution in [0.15, 0.2) is 0 Å². The summed E-state index contributed by atoms with van der Waals surface area (Å²) in [6.45, 7) is 9.11. The molecule has 0 atom stereocenters. The van der Waals surface area contributed by atoms with Gasteiger partial charge in [-0.25, -0.2) is 0 Å². The number of likely N-dealkylation sites (tertiary alicyclic amines) is 2. The molecule has 3 nitrogen and oxygen atoms in total. The molecule has 0 unspecified atom stereocenters. The molecule has 1 aliphatic carbocycles. The maximum Gasteiger partial charge on any atom is 0.225 e. The Morgan fingerprint density at radius 1 is 1.18 bits per heavy atom. The largest absolute Gasteiger partial charge is 0.341 e. The Kier molecular flexibility index (Phi) is 2.69. The van der Waals surface area contributed by atoms with Crippen LogP contribution in [0.3, 0.4) is 0 Å². The van der Waals surface area contributed by atoms with E-state index in [1.54, 1.807) is 0 Å². The number of hydrogen-bond acceptors (Lipinski definition) is 2. The van der Waals surface area contributed by atoms with Crippen molar-refractivity contribution in [3.05, 3.63) is 0 Å². The predicted molar refractivity (Wildman–Crippen MR) is 67.7 cm³/mol. The van der Waals surface area contributed by atoms with Crippen molar-refractivity contribution < 1.29 is 4.79 Å². The quantitative estimate of drug-likeness (QED) is 0.729. The van der Waals surface area contributed by atoms with Gasteiger partial charge in [-0.3, -0.25) is 4.79 Å². The van der Waals surface area contributed by atoms with Gasteiger partial charge in [0.15, 0.2) is 0 Å². The Morgan fingerprint density at radius 3 is 2.24 bits per heavy atom. The highest BCUT2D eigenvalue weighted by Gasteiger charge is 2.49. The van der Waals surface area contributed by atoms with Crippen LogP contribution in [0.5, 0.6) is 0 Å². The molecule has 1 spiro atoms. The van der Waals surface area contributed by atoms with Crippen LogP contribution in [0.1, 0.15) is 39.5 Å². The molecule has 0 aromatic rings. The number of carbonyl (C=O) groups excluding carboxylic acids is 1. The van der Waals surface area contributed by atoms with E-state index in [0.717, 1.165) is 25.9 Å². The SMILES string of the molecule is CC(C)N1CCC2(CC1)CN(C(=O)C1CC1)C2. The molecule has 1 saturated carbocycles. The maximum absolute atomic E-state index is 11.9. The van der Waals surface area contributed by atoms with E-state index in [0.29, 0.717) is 23.3 Å². The smallest absolute Gasteiger partial charge is 0.225 e. The zero-order valence-corrected chi connectivity index (χ0v) is 11.1. The highest BCUT2D eigenvalue weighted by molar-refractivity contribution is 5.82. The van der Waals surface area contributed by atoms with E-state index < -0.39 is 0 Å². The summed E-state index contributed by atoms with van der Waals surface area (Å²) in [6, 6.07) is 0.677. The summed E-state index contributed by atoms with van der Waals surface area (Å²) in [5, 5.41) is 0. The summed E-state index contributed by atoms with van der Waals surface area (Å²) in [5.74, 6) is 0.852. The third-order valence-electron chi connectivity index (χ3n) is 4.88. The molecule has 0 aromatic heterocycles. The minimum Gasteiger partial charge on any atom is -0.341 e. The molecule has 0 bridgehead atoms. The van der Waals surface area contributed by atoms with Gasteiger partial charge in [-0.05, 0) is 52.6 Å². The lowest BCUT2D eigenvalue weighted by molar-refractivity contribution is -0.148. The van der Waals surface area contributed by atoms with Crippen LogP contribution in [0.25, 0.3) is 0 Å². The summed E-state index contributed by atoms with van der Waals surface area (Å²) in [4.78, 5) is 16.6. The molecule has 0 aromatic carbocycles. The minimum absolute atomic E-state index is 0.406. The van der Waals surface area contributed by atoms with E-state index in [1.807, 2.05) is 0 Å². The van der Waals surface area contributed by atoms with Gasteiger partial charge in [0.2, 0.25) is 5.91 Å². The molecule has 2 saturated heterocycles. The highest BCUT2D eigenvalue weighted by Crippen LogP contribution is 2.43. The first-order valence-electron chi connectivity index (χ1n) is 7.12. The highest BCUT2D eigenvalue weighted by atomic mass is 16.2. The molecular weight excluding hydrogens is 212 g/mol. The van der Waals surface area contributed by atoms with E-state index in [9.17, 15) is 4.79 Å². The van der Waals surface area contributed by atoms with Gasteiger partial charge in [-0.15, -0.1) is 0 Å². The second-order valence-corrected chi connectivity index (χ2v) is 6.60. The van der Waals surface area contributed by atoms with Gasteiger partial charge in [0.1, 0.15) is 0 Å². The monoisotopic (exact) mass is 236 g/mol. The Bertz CT molecular complexity index is 306. The van der Waals surface area contributed by atoms with Crippen molar-refractivity contribution in [2.45, 2.75) is 45.6 Å². The van der Waals surface area contributed by atoms with Crippen LogP contribution in [0.4, 0.5) is 0 Å². The first kappa shape index (κ1) is 11.5. The third-order valence-corrected chi connectivity index (χ3v) is 4.88. The van der Waals surface area contributed by atoms with E-state index in [1.165, 1.54) is 25.9 Å². The van der Waals surface area contributed by atoms with Crippen LogP contribution in [-0.2, 0) is 4.79 Å². The first-order chi connectivity index (χ1) is 8.10. The molecule has 0 radical (unpaired) electrons. The molecule has 2 heterocycles. The molecule has 96 valence electrons. The second-order valence-electron chi connectivity index (χ2n) is 6.60. The van der Waals surface area contributed by atoms with Crippen LogP contribution >= 0.6 is 0 Å². The van der Waals surface area contributed by atoms with Gasteiger partial charge < -0.3 is 9.80 Å². The summed E-state index contributed by atoms with van der Waals surface area (Å²) in [6.07, 6.45) is 4.87. The van der Waals surface area contributed by atoms with Gasteiger partial charge in [0, 0.05) is 30.5 Å². The van der Waals surface area contributed by atoms with Crippen LogP contribution in [0, 0.1) is 11.3 Å². The van der Waals surface area contributed by atoms with Crippen LogP contribution < -0.4 is 0 Å². The molecule has 0 N–H and O–H groups in total.